The Kier molecular flexibility index (Phi) is 3.40. The molecule has 0 aliphatic heterocycles. The summed E-state index contributed by atoms with van der Waals surface area (Å²) in [5.74, 6) is 0.0487. The Labute approximate surface area is 123 Å². The van der Waals surface area contributed by atoms with Crippen molar-refractivity contribution in [1.29, 1.82) is 0 Å². The number of aromatic nitrogens is 1. The summed E-state index contributed by atoms with van der Waals surface area (Å²) in [6, 6.07) is 15.6. The third-order valence-electron chi connectivity index (χ3n) is 3.55. The Bertz CT molecular complexity index is 824. The van der Waals surface area contributed by atoms with Crippen molar-refractivity contribution in [2.45, 2.75) is 13.8 Å². The number of nitrogens with zero attached hydrogens (tertiary/aromatic N) is 1. The number of benzene rings is 2. The van der Waals surface area contributed by atoms with Crippen LogP contribution in [0.15, 0.2) is 54.7 Å². The quantitative estimate of drug-likeness (QED) is 0.717. The van der Waals surface area contributed by atoms with Gasteiger partial charge in [-0.1, -0.05) is 30.3 Å². The van der Waals surface area contributed by atoms with Gasteiger partial charge in [0.05, 0.1) is 5.52 Å². The Morgan fingerprint density at radius 1 is 1.00 bits per heavy atom. The van der Waals surface area contributed by atoms with Gasteiger partial charge in [-0.3, -0.25) is 9.78 Å². The monoisotopic (exact) mass is 276 g/mol. The molecule has 0 atom stereocenters. The molecule has 3 rings (SSSR count). The van der Waals surface area contributed by atoms with Crippen molar-refractivity contribution in [2.75, 3.05) is 5.32 Å². The molecule has 0 fully saturated rings. The average Bonchev–Trinajstić information content (AvgIpc) is 2.49. The van der Waals surface area contributed by atoms with E-state index in [1.165, 1.54) is 0 Å². The molecule has 0 aliphatic rings. The molecule has 0 amide bonds. The normalized spacial score (nSPS) is 10.6. The van der Waals surface area contributed by atoms with Crippen molar-refractivity contribution in [1.82, 2.24) is 4.98 Å². The molecule has 0 saturated carbocycles. The molecule has 0 radical (unpaired) electrons. The SMILES string of the molecule is CC(=O)c1ccccc1Nc1ccnc2c(C)cccc12. The maximum Gasteiger partial charge on any atom is 0.161 e. The first-order valence-corrected chi connectivity index (χ1v) is 6.88. The van der Waals surface area contributed by atoms with Crippen molar-refractivity contribution in [3.05, 3.63) is 65.9 Å². The number of hydrogen-bond acceptors (Lipinski definition) is 3. The van der Waals surface area contributed by atoms with Gasteiger partial charge < -0.3 is 5.32 Å². The number of carbonyl (C=O) groups excluding carboxylic acids is 1. The van der Waals surface area contributed by atoms with Crippen LogP contribution in [0.5, 0.6) is 0 Å². The van der Waals surface area contributed by atoms with Crippen LogP contribution in [-0.4, -0.2) is 10.8 Å². The number of hydrogen-bond donors (Lipinski definition) is 1. The minimum atomic E-state index is 0.0487. The lowest BCUT2D eigenvalue weighted by molar-refractivity contribution is 0.101. The number of para-hydroxylation sites is 2. The number of Topliss-reactive ketones (excluding diaryl/α,β-unsaturated/α-hetero) is 1. The van der Waals surface area contributed by atoms with Gasteiger partial charge in [-0.05, 0) is 37.6 Å². The van der Waals surface area contributed by atoms with E-state index in [1.54, 1.807) is 13.1 Å². The molecule has 1 aromatic heterocycles. The van der Waals surface area contributed by atoms with Gasteiger partial charge in [0, 0.05) is 28.5 Å². The molecule has 3 aromatic rings. The van der Waals surface area contributed by atoms with E-state index in [0.29, 0.717) is 5.56 Å². The maximum absolute atomic E-state index is 11.7. The molecule has 0 spiro atoms. The lowest BCUT2D eigenvalue weighted by atomic mass is 10.1. The molecular weight excluding hydrogens is 260 g/mol. The number of nitrogens with one attached hydrogen (secondary N) is 1. The van der Waals surface area contributed by atoms with Crippen molar-refractivity contribution in [3.8, 4) is 0 Å². The van der Waals surface area contributed by atoms with Crippen LogP contribution in [0, 0.1) is 6.92 Å². The highest BCUT2D eigenvalue weighted by Crippen LogP contribution is 2.28. The molecule has 1 heterocycles. The van der Waals surface area contributed by atoms with Gasteiger partial charge in [-0.2, -0.15) is 0 Å². The van der Waals surface area contributed by atoms with Crippen LogP contribution >= 0.6 is 0 Å². The van der Waals surface area contributed by atoms with Crippen LogP contribution < -0.4 is 5.32 Å². The summed E-state index contributed by atoms with van der Waals surface area (Å²) in [7, 11) is 0. The molecular formula is C18H16N2O. The van der Waals surface area contributed by atoms with E-state index >= 15 is 0 Å². The smallest absolute Gasteiger partial charge is 0.161 e. The second-order valence-electron chi connectivity index (χ2n) is 5.06. The van der Waals surface area contributed by atoms with Crippen molar-refractivity contribution in [2.24, 2.45) is 0 Å². The van der Waals surface area contributed by atoms with E-state index in [0.717, 1.165) is 27.8 Å². The zero-order chi connectivity index (χ0) is 14.8. The number of carbonyl (C=O) groups is 1. The third-order valence-corrected chi connectivity index (χ3v) is 3.55. The van der Waals surface area contributed by atoms with Crippen LogP contribution in [-0.2, 0) is 0 Å². The van der Waals surface area contributed by atoms with Gasteiger partial charge in [0.15, 0.2) is 5.78 Å². The first-order valence-electron chi connectivity index (χ1n) is 6.88. The van der Waals surface area contributed by atoms with Gasteiger partial charge in [-0.15, -0.1) is 0 Å². The summed E-state index contributed by atoms with van der Waals surface area (Å²) in [6.45, 7) is 3.62. The molecule has 21 heavy (non-hydrogen) atoms. The lowest BCUT2D eigenvalue weighted by Gasteiger charge is -2.13. The predicted molar refractivity (Wildman–Crippen MR) is 86.2 cm³/mol. The summed E-state index contributed by atoms with van der Waals surface area (Å²) < 4.78 is 0. The van der Waals surface area contributed by atoms with E-state index in [9.17, 15) is 4.79 Å². The highest BCUT2D eigenvalue weighted by atomic mass is 16.1. The lowest BCUT2D eigenvalue weighted by Crippen LogP contribution is -2.00. The Hall–Kier alpha value is -2.68. The van der Waals surface area contributed by atoms with Gasteiger partial charge in [0.2, 0.25) is 0 Å². The molecule has 104 valence electrons. The number of anilines is 2. The zero-order valence-corrected chi connectivity index (χ0v) is 12.1. The van der Waals surface area contributed by atoms with Crippen molar-refractivity contribution in [3.63, 3.8) is 0 Å². The molecule has 0 unspecified atom stereocenters. The number of fused-ring (bicyclic) bond motifs is 1. The number of pyridine rings is 1. The van der Waals surface area contributed by atoms with Crippen LogP contribution in [0.1, 0.15) is 22.8 Å². The van der Waals surface area contributed by atoms with Gasteiger partial charge >= 0.3 is 0 Å². The molecule has 0 bridgehead atoms. The second-order valence-corrected chi connectivity index (χ2v) is 5.06. The Balaban J connectivity index is 2.11. The molecule has 3 heteroatoms. The first kappa shape index (κ1) is 13.3. The fourth-order valence-corrected chi connectivity index (χ4v) is 2.48. The minimum Gasteiger partial charge on any atom is -0.354 e. The van der Waals surface area contributed by atoms with Crippen LogP contribution in [0.25, 0.3) is 10.9 Å². The summed E-state index contributed by atoms with van der Waals surface area (Å²) in [5.41, 5.74) is 4.57. The first-order chi connectivity index (χ1) is 10.2. The van der Waals surface area contributed by atoms with Crippen LogP contribution in [0.4, 0.5) is 11.4 Å². The largest absolute Gasteiger partial charge is 0.354 e. The van der Waals surface area contributed by atoms with Crippen molar-refractivity contribution >= 4 is 28.1 Å². The summed E-state index contributed by atoms with van der Waals surface area (Å²) in [5, 5.41) is 4.41. The van der Waals surface area contributed by atoms with E-state index in [1.807, 2.05) is 55.5 Å². The molecule has 1 N–H and O–H groups in total. The van der Waals surface area contributed by atoms with Gasteiger partial charge in [0.1, 0.15) is 0 Å². The molecule has 3 nitrogen and oxygen atoms in total. The second kappa shape index (κ2) is 5.37. The fourth-order valence-electron chi connectivity index (χ4n) is 2.48. The zero-order valence-electron chi connectivity index (χ0n) is 12.1. The van der Waals surface area contributed by atoms with E-state index in [2.05, 4.69) is 10.3 Å². The van der Waals surface area contributed by atoms with E-state index in [4.69, 9.17) is 0 Å². The Morgan fingerprint density at radius 2 is 1.81 bits per heavy atom. The minimum absolute atomic E-state index is 0.0487. The average molecular weight is 276 g/mol. The topological polar surface area (TPSA) is 42.0 Å². The summed E-state index contributed by atoms with van der Waals surface area (Å²) >= 11 is 0. The van der Waals surface area contributed by atoms with Gasteiger partial charge in [-0.25, -0.2) is 0 Å². The van der Waals surface area contributed by atoms with Crippen LogP contribution in [0.3, 0.4) is 0 Å². The number of ketones is 1. The molecule has 0 aliphatic carbocycles. The van der Waals surface area contributed by atoms with Crippen molar-refractivity contribution < 1.29 is 4.79 Å². The summed E-state index contributed by atoms with van der Waals surface area (Å²) in [6.07, 6.45) is 1.79. The summed E-state index contributed by atoms with van der Waals surface area (Å²) in [4.78, 5) is 16.2. The Morgan fingerprint density at radius 3 is 2.62 bits per heavy atom. The third kappa shape index (κ3) is 2.50. The van der Waals surface area contributed by atoms with E-state index in [-0.39, 0.29) is 5.78 Å². The predicted octanol–water partition coefficient (Wildman–Crippen LogP) is 4.49. The number of rotatable bonds is 3. The molecule has 2 aromatic carbocycles. The fraction of sp³-hybridized carbons (Fsp3) is 0.111. The highest BCUT2D eigenvalue weighted by Gasteiger charge is 2.09. The standard InChI is InChI=1S/C18H16N2O/c1-12-6-5-8-15-17(10-11-19-18(12)15)20-16-9-4-3-7-14(16)13(2)21/h3-11H,1-2H3,(H,19,20). The van der Waals surface area contributed by atoms with E-state index < -0.39 is 0 Å². The molecule has 0 saturated heterocycles. The highest BCUT2D eigenvalue weighted by molar-refractivity contribution is 6.02. The van der Waals surface area contributed by atoms with Gasteiger partial charge in [0.25, 0.3) is 0 Å². The number of aryl methyl sites for hydroxylation is 1. The maximum atomic E-state index is 11.7. The van der Waals surface area contributed by atoms with Crippen LogP contribution in [0.2, 0.25) is 0 Å².